The highest BCUT2D eigenvalue weighted by atomic mass is 127. The van der Waals surface area contributed by atoms with E-state index in [4.69, 9.17) is 4.99 Å². The number of aliphatic imine (C=N–C) groups is 1. The van der Waals surface area contributed by atoms with E-state index >= 15 is 0 Å². The van der Waals surface area contributed by atoms with Gasteiger partial charge in [0.15, 0.2) is 5.96 Å². The van der Waals surface area contributed by atoms with E-state index in [-0.39, 0.29) is 29.9 Å². The lowest BCUT2D eigenvalue weighted by Crippen LogP contribution is -2.45. The highest BCUT2D eigenvalue weighted by Gasteiger charge is 2.26. The Morgan fingerprint density at radius 3 is 2.71 bits per heavy atom. The van der Waals surface area contributed by atoms with Crippen LogP contribution in [-0.4, -0.2) is 49.0 Å². The van der Waals surface area contributed by atoms with Gasteiger partial charge in [0.05, 0.1) is 0 Å². The normalized spacial score (nSPS) is 27.5. The quantitative estimate of drug-likeness (QED) is 0.385. The molecule has 2 rings (SSSR count). The molecule has 2 aliphatic rings. The Bertz CT molecular complexity index is 416. The zero-order valence-corrected chi connectivity index (χ0v) is 17.8. The SMILES string of the molecule is CCNC(=NCC1CCCC(C)C1)NC1CCN(C(=O)CC)C1.I. The summed E-state index contributed by atoms with van der Waals surface area (Å²) in [5.41, 5.74) is 0. The molecule has 3 unspecified atom stereocenters. The van der Waals surface area contributed by atoms with Crippen molar-refractivity contribution in [3.05, 3.63) is 0 Å². The van der Waals surface area contributed by atoms with Crippen LogP contribution in [0.5, 0.6) is 0 Å². The number of halogens is 1. The molecule has 140 valence electrons. The molecule has 24 heavy (non-hydrogen) atoms. The number of guanidine groups is 1. The van der Waals surface area contributed by atoms with Gasteiger partial charge in [-0.2, -0.15) is 0 Å². The Hall–Kier alpha value is -0.530. The second-order valence-electron chi connectivity index (χ2n) is 7.18. The van der Waals surface area contributed by atoms with Crippen molar-refractivity contribution in [2.75, 3.05) is 26.2 Å². The largest absolute Gasteiger partial charge is 0.357 e. The van der Waals surface area contributed by atoms with Crippen LogP contribution in [0.15, 0.2) is 4.99 Å². The van der Waals surface area contributed by atoms with Crippen molar-refractivity contribution in [2.45, 2.75) is 65.3 Å². The molecule has 0 aromatic heterocycles. The van der Waals surface area contributed by atoms with Gasteiger partial charge in [0.1, 0.15) is 0 Å². The summed E-state index contributed by atoms with van der Waals surface area (Å²) in [5, 5.41) is 6.88. The summed E-state index contributed by atoms with van der Waals surface area (Å²) in [6.07, 6.45) is 6.96. The van der Waals surface area contributed by atoms with Gasteiger partial charge in [0, 0.05) is 38.6 Å². The van der Waals surface area contributed by atoms with Crippen LogP contribution in [-0.2, 0) is 4.79 Å². The van der Waals surface area contributed by atoms with E-state index in [9.17, 15) is 4.79 Å². The average Bonchev–Trinajstić information content (AvgIpc) is 3.01. The van der Waals surface area contributed by atoms with E-state index in [2.05, 4.69) is 24.5 Å². The first-order valence-corrected chi connectivity index (χ1v) is 9.45. The molecular weight excluding hydrogens is 415 g/mol. The van der Waals surface area contributed by atoms with E-state index < -0.39 is 0 Å². The van der Waals surface area contributed by atoms with Gasteiger partial charge in [0.25, 0.3) is 0 Å². The van der Waals surface area contributed by atoms with E-state index in [0.717, 1.165) is 50.4 Å². The van der Waals surface area contributed by atoms with E-state index in [1.54, 1.807) is 0 Å². The molecule has 3 atom stereocenters. The van der Waals surface area contributed by atoms with Gasteiger partial charge in [0.2, 0.25) is 5.91 Å². The van der Waals surface area contributed by atoms with Crippen molar-refractivity contribution in [1.82, 2.24) is 15.5 Å². The summed E-state index contributed by atoms with van der Waals surface area (Å²) in [6.45, 7) is 9.85. The van der Waals surface area contributed by atoms with Crippen molar-refractivity contribution >= 4 is 35.8 Å². The molecule has 1 saturated carbocycles. The third-order valence-corrected chi connectivity index (χ3v) is 5.08. The van der Waals surface area contributed by atoms with Crippen molar-refractivity contribution in [3.63, 3.8) is 0 Å². The number of carbonyl (C=O) groups excluding carboxylic acids is 1. The maximum absolute atomic E-state index is 11.8. The minimum absolute atomic E-state index is 0. The number of amides is 1. The van der Waals surface area contributed by atoms with Crippen LogP contribution in [0.2, 0.25) is 0 Å². The van der Waals surface area contributed by atoms with E-state index in [1.807, 2.05) is 11.8 Å². The van der Waals surface area contributed by atoms with Gasteiger partial charge >= 0.3 is 0 Å². The van der Waals surface area contributed by atoms with Crippen LogP contribution >= 0.6 is 24.0 Å². The molecule has 0 aromatic carbocycles. The predicted molar refractivity (Wildman–Crippen MR) is 111 cm³/mol. The molecule has 0 bridgehead atoms. The molecule has 2 N–H and O–H groups in total. The Balaban J connectivity index is 0.00000288. The molecule has 1 saturated heterocycles. The van der Waals surface area contributed by atoms with Crippen LogP contribution in [0.1, 0.15) is 59.3 Å². The number of rotatable bonds is 5. The first kappa shape index (κ1) is 21.5. The Morgan fingerprint density at radius 1 is 1.25 bits per heavy atom. The number of carbonyl (C=O) groups is 1. The van der Waals surface area contributed by atoms with Gasteiger partial charge in [-0.3, -0.25) is 9.79 Å². The number of hydrogen-bond acceptors (Lipinski definition) is 2. The number of nitrogens with one attached hydrogen (secondary N) is 2. The third-order valence-electron chi connectivity index (χ3n) is 5.08. The Kier molecular flexibility index (Phi) is 10.0. The minimum atomic E-state index is 0. The molecule has 1 aliphatic carbocycles. The van der Waals surface area contributed by atoms with Crippen molar-refractivity contribution in [1.29, 1.82) is 0 Å². The molecule has 0 radical (unpaired) electrons. The van der Waals surface area contributed by atoms with Crippen LogP contribution in [0.3, 0.4) is 0 Å². The topological polar surface area (TPSA) is 56.7 Å². The smallest absolute Gasteiger partial charge is 0.222 e. The van der Waals surface area contributed by atoms with E-state index in [1.165, 1.54) is 25.7 Å². The molecule has 1 amide bonds. The molecule has 0 aromatic rings. The molecule has 0 spiro atoms. The molecule has 1 heterocycles. The summed E-state index contributed by atoms with van der Waals surface area (Å²) < 4.78 is 0. The third kappa shape index (κ3) is 6.76. The minimum Gasteiger partial charge on any atom is -0.357 e. The lowest BCUT2D eigenvalue weighted by atomic mass is 9.82. The second-order valence-corrected chi connectivity index (χ2v) is 7.18. The fraction of sp³-hybridized carbons (Fsp3) is 0.889. The highest BCUT2D eigenvalue weighted by molar-refractivity contribution is 14.0. The summed E-state index contributed by atoms with van der Waals surface area (Å²) >= 11 is 0. The highest BCUT2D eigenvalue weighted by Crippen LogP contribution is 2.28. The maximum Gasteiger partial charge on any atom is 0.222 e. The van der Waals surface area contributed by atoms with Crippen LogP contribution in [0, 0.1) is 11.8 Å². The van der Waals surface area contributed by atoms with Crippen molar-refractivity contribution < 1.29 is 4.79 Å². The van der Waals surface area contributed by atoms with Crippen molar-refractivity contribution in [3.8, 4) is 0 Å². The first-order chi connectivity index (χ1) is 11.1. The maximum atomic E-state index is 11.8. The second kappa shape index (κ2) is 11.2. The molecule has 2 fully saturated rings. The molecule has 1 aliphatic heterocycles. The van der Waals surface area contributed by atoms with Gasteiger partial charge in [-0.1, -0.05) is 26.7 Å². The van der Waals surface area contributed by atoms with Crippen LogP contribution in [0.25, 0.3) is 0 Å². The summed E-state index contributed by atoms with van der Waals surface area (Å²) in [6, 6.07) is 0.327. The number of hydrogen-bond donors (Lipinski definition) is 2. The van der Waals surface area contributed by atoms with Crippen molar-refractivity contribution in [2.24, 2.45) is 16.8 Å². The lowest BCUT2D eigenvalue weighted by Gasteiger charge is -2.26. The van der Waals surface area contributed by atoms with E-state index in [0.29, 0.717) is 12.5 Å². The number of likely N-dealkylation sites (tertiary alicyclic amines) is 1. The average molecular weight is 450 g/mol. The monoisotopic (exact) mass is 450 g/mol. The van der Waals surface area contributed by atoms with Gasteiger partial charge in [-0.25, -0.2) is 0 Å². The molecule has 6 heteroatoms. The fourth-order valence-electron chi connectivity index (χ4n) is 3.79. The standard InChI is InChI=1S/C18H34N4O.HI/c1-4-17(23)22-10-9-16(13-22)21-18(19-5-2)20-12-15-8-6-7-14(3)11-15;/h14-16H,4-13H2,1-3H3,(H2,19,20,21);1H. The van der Waals surface area contributed by atoms with Crippen LogP contribution < -0.4 is 10.6 Å². The van der Waals surface area contributed by atoms with Crippen LogP contribution in [0.4, 0.5) is 0 Å². The molecular formula is C18H35IN4O. The summed E-state index contributed by atoms with van der Waals surface area (Å²) in [5.74, 6) is 2.76. The summed E-state index contributed by atoms with van der Waals surface area (Å²) in [4.78, 5) is 18.6. The Labute approximate surface area is 164 Å². The molecule has 5 nitrogen and oxygen atoms in total. The Morgan fingerprint density at radius 2 is 2.04 bits per heavy atom. The zero-order chi connectivity index (χ0) is 16.7. The van der Waals surface area contributed by atoms with Gasteiger partial charge in [-0.05, 0) is 38.0 Å². The fourth-order valence-corrected chi connectivity index (χ4v) is 3.79. The first-order valence-electron chi connectivity index (χ1n) is 9.45. The zero-order valence-electron chi connectivity index (χ0n) is 15.5. The van der Waals surface area contributed by atoms with Gasteiger partial charge in [-0.15, -0.1) is 24.0 Å². The lowest BCUT2D eigenvalue weighted by molar-refractivity contribution is -0.129. The predicted octanol–water partition coefficient (Wildman–Crippen LogP) is 3.00. The summed E-state index contributed by atoms with van der Waals surface area (Å²) in [7, 11) is 0. The van der Waals surface area contributed by atoms with Gasteiger partial charge < -0.3 is 15.5 Å². The number of nitrogens with zero attached hydrogens (tertiary/aromatic N) is 2.